The zero-order valence-electron chi connectivity index (χ0n) is 28.3. The third-order valence-corrected chi connectivity index (χ3v) is 9.02. The third kappa shape index (κ3) is 27.4. The number of carbonyl (C=O) groups excluding carboxylic acids is 1. The molecule has 0 saturated heterocycles. The van der Waals surface area contributed by atoms with Gasteiger partial charge in [0.1, 0.15) is 0 Å². The first-order valence-electron chi connectivity index (χ1n) is 18.2. The van der Waals surface area contributed by atoms with Crippen LogP contribution in [-0.4, -0.2) is 12.6 Å². The monoisotopic (exact) mass is 563 g/mol. The Hall–Kier alpha value is -0.790. The fourth-order valence-corrected chi connectivity index (χ4v) is 6.02. The first-order valence-corrected chi connectivity index (χ1v) is 18.2. The molecule has 0 aromatic rings. The lowest BCUT2D eigenvalue weighted by Crippen LogP contribution is -2.15. The van der Waals surface area contributed by atoms with E-state index in [1.54, 1.807) is 6.92 Å². The van der Waals surface area contributed by atoms with Crippen LogP contribution >= 0.6 is 0 Å². The van der Waals surface area contributed by atoms with Gasteiger partial charge in [0.15, 0.2) is 0 Å². The molecular formula is C38H74O2. The van der Waals surface area contributed by atoms with Crippen LogP contribution in [0.1, 0.15) is 202 Å². The zero-order chi connectivity index (χ0) is 29.7. The summed E-state index contributed by atoms with van der Waals surface area (Å²) in [7, 11) is 0. The lowest BCUT2D eigenvalue weighted by atomic mass is 9.93. The number of unbranched alkanes of at least 4 members (excludes halogenated alkanes) is 16. The van der Waals surface area contributed by atoms with Crippen molar-refractivity contribution in [2.24, 2.45) is 17.8 Å². The summed E-state index contributed by atoms with van der Waals surface area (Å²) in [6.07, 6.45) is 35.6. The molecule has 0 aromatic carbocycles. The third-order valence-electron chi connectivity index (χ3n) is 9.02. The van der Waals surface area contributed by atoms with E-state index < -0.39 is 0 Å². The minimum Gasteiger partial charge on any atom is -0.462 e. The molecule has 0 saturated carbocycles. The molecule has 0 bridgehead atoms. The summed E-state index contributed by atoms with van der Waals surface area (Å²) in [4.78, 5) is 12.0. The Kier molecular flexibility index (Phi) is 29.1. The Bertz CT molecular complexity index is 554. The minimum atomic E-state index is -0.219. The fourth-order valence-electron chi connectivity index (χ4n) is 6.02. The normalized spacial score (nSPS) is 13.7. The highest BCUT2D eigenvalue weighted by Crippen LogP contribution is 2.23. The molecular weight excluding hydrogens is 488 g/mol. The van der Waals surface area contributed by atoms with E-state index >= 15 is 0 Å². The van der Waals surface area contributed by atoms with Gasteiger partial charge in [0.25, 0.3) is 0 Å². The summed E-state index contributed by atoms with van der Waals surface area (Å²) in [6.45, 7) is 15.6. The molecule has 40 heavy (non-hydrogen) atoms. The first-order chi connectivity index (χ1) is 19.4. The molecule has 0 radical (unpaired) electrons. The van der Waals surface area contributed by atoms with Crippen molar-refractivity contribution in [2.75, 3.05) is 6.61 Å². The molecule has 3 unspecified atom stereocenters. The Balaban J connectivity index is 3.95. The minimum absolute atomic E-state index is 0.219. The van der Waals surface area contributed by atoms with Crippen LogP contribution in [0.4, 0.5) is 0 Å². The van der Waals surface area contributed by atoms with Crippen LogP contribution in [0, 0.1) is 17.8 Å². The van der Waals surface area contributed by atoms with E-state index in [0.29, 0.717) is 18.1 Å². The molecule has 238 valence electrons. The number of esters is 1. The lowest BCUT2D eigenvalue weighted by molar-refractivity contribution is -0.140. The van der Waals surface area contributed by atoms with Crippen molar-refractivity contribution in [2.45, 2.75) is 202 Å². The summed E-state index contributed by atoms with van der Waals surface area (Å²) in [5.74, 6) is 2.10. The van der Waals surface area contributed by atoms with Crippen molar-refractivity contribution in [1.82, 2.24) is 0 Å². The standard InChI is InChI=1S/C38H74O2/c1-7-9-11-15-21-27-35(5)29-23-17-13-14-18-25-31-37(33-40-38(39)34(3)4)32-26-20-19-24-30-36(6)28-22-16-12-10-8-2/h35-37H,3,7-33H2,1-2,4-6H3. The van der Waals surface area contributed by atoms with Crippen LogP contribution in [0.3, 0.4) is 0 Å². The molecule has 3 atom stereocenters. The summed E-state index contributed by atoms with van der Waals surface area (Å²) >= 11 is 0. The predicted octanol–water partition coefficient (Wildman–Crippen LogP) is 13.2. The van der Waals surface area contributed by atoms with Gasteiger partial charge in [-0.05, 0) is 37.5 Å². The molecule has 0 aliphatic rings. The number of carbonyl (C=O) groups is 1. The molecule has 2 nitrogen and oxygen atoms in total. The van der Waals surface area contributed by atoms with Crippen molar-refractivity contribution in [1.29, 1.82) is 0 Å². The molecule has 2 heteroatoms. The van der Waals surface area contributed by atoms with Crippen LogP contribution in [0.25, 0.3) is 0 Å². The molecule has 0 heterocycles. The maximum atomic E-state index is 12.0. The quantitative estimate of drug-likeness (QED) is 0.0477. The van der Waals surface area contributed by atoms with E-state index in [1.807, 2.05) is 0 Å². The van der Waals surface area contributed by atoms with Gasteiger partial charge in [-0.2, -0.15) is 0 Å². The van der Waals surface area contributed by atoms with Gasteiger partial charge in [0.05, 0.1) is 6.61 Å². The van der Waals surface area contributed by atoms with E-state index in [9.17, 15) is 4.79 Å². The smallest absolute Gasteiger partial charge is 0.333 e. The van der Waals surface area contributed by atoms with Crippen molar-refractivity contribution in [3.8, 4) is 0 Å². The van der Waals surface area contributed by atoms with Crippen LogP contribution < -0.4 is 0 Å². The van der Waals surface area contributed by atoms with Crippen molar-refractivity contribution < 1.29 is 9.53 Å². The van der Waals surface area contributed by atoms with Crippen molar-refractivity contribution >= 4 is 5.97 Å². The largest absolute Gasteiger partial charge is 0.462 e. The van der Waals surface area contributed by atoms with Crippen LogP contribution in [0.5, 0.6) is 0 Å². The van der Waals surface area contributed by atoms with Gasteiger partial charge in [-0.25, -0.2) is 4.79 Å². The molecule has 0 amide bonds. The Labute approximate surface area is 253 Å². The van der Waals surface area contributed by atoms with Gasteiger partial charge in [0, 0.05) is 5.57 Å². The summed E-state index contributed by atoms with van der Waals surface area (Å²) in [5.41, 5.74) is 0.518. The number of hydrogen-bond acceptors (Lipinski definition) is 2. The van der Waals surface area contributed by atoms with Gasteiger partial charge in [-0.3, -0.25) is 0 Å². The predicted molar refractivity (Wildman–Crippen MR) is 179 cm³/mol. The van der Waals surface area contributed by atoms with E-state index in [-0.39, 0.29) is 5.97 Å². The van der Waals surface area contributed by atoms with Gasteiger partial charge in [0.2, 0.25) is 0 Å². The highest BCUT2D eigenvalue weighted by atomic mass is 16.5. The first kappa shape index (κ1) is 39.2. The Morgan fingerprint density at radius 1 is 0.525 bits per heavy atom. The van der Waals surface area contributed by atoms with Crippen molar-refractivity contribution in [3.63, 3.8) is 0 Å². The Morgan fingerprint density at radius 3 is 1.15 bits per heavy atom. The van der Waals surface area contributed by atoms with E-state index in [4.69, 9.17) is 4.74 Å². The SMILES string of the molecule is C=C(C)C(=O)OCC(CCCCCCCCC(C)CCCCCCC)CCCCCCC(C)CCCCCCC. The van der Waals surface area contributed by atoms with Gasteiger partial charge < -0.3 is 4.74 Å². The summed E-state index contributed by atoms with van der Waals surface area (Å²) < 4.78 is 5.58. The van der Waals surface area contributed by atoms with Crippen LogP contribution in [-0.2, 0) is 9.53 Å². The molecule has 0 spiro atoms. The average Bonchev–Trinajstić information content (AvgIpc) is 2.93. The molecule has 0 aliphatic heterocycles. The topological polar surface area (TPSA) is 26.3 Å². The van der Waals surface area contributed by atoms with Crippen LogP contribution in [0.15, 0.2) is 12.2 Å². The van der Waals surface area contributed by atoms with Gasteiger partial charge >= 0.3 is 5.97 Å². The van der Waals surface area contributed by atoms with Crippen molar-refractivity contribution in [3.05, 3.63) is 12.2 Å². The van der Waals surface area contributed by atoms with Crippen LogP contribution in [0.2, 0.25) is 0 Å². The van der Waals surface area contributed by atoms with E-state index in [2.05, 4.69) is 34.3 Å². The second-order valence-electron chi connectivity index (χ2n) is 13.6. The Morgan fingerprint density at radius 2 is 0.825 bits per heavy atom. The van der Waals surface area contributed by atoms with E-state index in [0.717, 1.165) is 11.8 Å². The fraction of sp³-hybridized carbons (Fsp3) is 0.921. The molecule has 0 fully saturated rings. The summed E-state index contributed by atoms with van der Waals surface area (Å²) in [6, 6.07) is 0. The molecule has 0 rings (SSSR count). The van der Waals surface area contributed by atoms with Gasteiger partial charge in [-0.15, -0.1) is 0 Å². The number of ether oxygens (including phenoxy) is 1. The second-order valence-corrected chi connectivity index (χ2v) is 13.6. The highest BCUT2D eigenvalue weighted by Gasteiger charge is 2.13. The highest BCUT2D eigenvalue weighted by molar-refractivity contribution is 5.86. The average molecular weight is 563 g/mol. The lowest BCUT2D eigenvalue weighted by Gasteiger charge is -2.17. The molecule has 0 aliphatic carbocycles. The molecule has 0 aromatic heterocycles. The molecule has 0 N–H and O–H groups in total. The van der Waals surface area contributed by atoms with Gasteiger partial charge in [-0.1, -0.05) is 188 Å². The summed E-state index contributed by atoms with van der Waals surface area (Å²) in [5, 5.41) is 0. The maximum Gasteiger partial charge on any atom is 0.333 e. The second kappa shape index (κ2) is 29.7. The number of rotatable bonds is 31. The number of hydrogen-bond donors (Lipinski definition) is 0. The zero-order valence-corrected chi connectivity index (χ0v) is 28.3. The van der Waals surface area contributed by atoms with E-state index in [1.165, 1.54) is 167 Å². The maximum absolute atomic E-state index is 12.0.